The molecule has 1 aliphatic rings. The highest BCUT2D eigenvalue weighted by molar-refractivity contribution is 9.10. The van der Waals surface area contributed by atoms with Gasteiger partial charge in [0.1, 0.15) is 11.5 Å². The number of halogens is 1. The van der Waals surface area contributed by atoms with Crippen LogP contribution in [-0.4, -0.2) is 24.8 Å². The van der Waals surface area contributed by atoms with Crippen molar-refractivity contribution in [2.45, 2.75) is 20.8 Å². The predicted octanol–water partition coefficient (Wildman–Crippen LogP) is 6.44. The van der Waals surface area contributed by atoms with E-state index in [2.05, 4.69) is 34.7 Å². The molecule has 6 heteroatoms. The monoisotopic (exact) mass is 505 g/mol. The second kappa shape index (κ2) is 9.63. The van der Waals surface area contributed by atoms with Crippen LogP contribution >= 0.6 is 15.9 Å². The molecule has 168 valence electrons. The van der Waals surface area contributed by atoms with Gasteiger partial charge in [0.2, 0.25) is 5.78 Å². The maximum Gasteiger partial charge on any atom is 0.343 e. The first-order valence-electron chi connectivity index (χ1n) is 10.8. The van der Waals surface area contributed by atoms with Gasteiger partial charge < -0.3 is 14.4 Å². The molecule has 3 aromatic carbocycles. The van der Waals surface area contributed by atoms with Crippen molar-refractivity contribution >= 4 is 39.4 Å². The highest BCUT2D eigenvalue weighted by Gasteiger charge is 2.30. The predicted molar refractivity (Wildman–Crippen MR) is 133 cm³/mol. The SMILES string of the molecule is CCN(CC)c1ccc(/C=C2\Oc3cc(OC(=O)c4ccc(Br)cc4)cc(C)c3C2=O)cc1. The highest BCUT2D eigenvalue weighted by atomic mass is 79.9. The zero-order chi connectivity index (χ0) is 23.5. The number of fused-ring (bicyclic) bond motifs is 1. The Hall–Kier alpha value is -3.38. The quantitative estimate of drug-likeness (QED) is 0.219. The van der Waals surface area contributed by atoms with E-state index in [1.54, 1.807) is 49.4 Å². The van der Waals surface area contributed by atoms with Crippen molar-refractivity contribution in [3.63, 3.8) is 0 Å². The number of aryl methyl sites for hydroxylation is 1. The van der Waals surface area contributed by atoms with Crippen LogP contribution in [0.15, 0.2) is 70.9 Å². The number of rotatable bonds is 6. The molecule has 0 saturated carbocycles. The lowest BCUT2D eigenvalue weighted by Gasteiger charge is -2.20. The number of allylic oxidation sites excluding steroid dienone is 1. The zero-order valence-corrected chi connectivity index (χ0v) is 20.3. The highest BCUT2D eigenvalue weighted by Crippen LogP contribution is 2.37. The number of Topliss-reactive ketones (excluding diaryl/α,β-unsaturated/α-hetero) is 1. The van der Waals surface area contributed by atoms with Crippen molar-refractivity contribution in [3.05, 3.63) is 93.1 Å². The van der Waals surface area contributed by atoms with E-state index in [1.165, 1.54) is 0 Å². The largest absolute Gasteiger partial charge is 0.452 e. The molecular formula is C27H24BrNO4. The molecular weight excluding hydrogens is 482 g/mol. The van der Waals surface area contributed by atoms with E-state index in [0.717, 1.165) is 28.8 Å². The van der Waals surface area contributed by atoms with Crippen LogP contribution in [-0.2, 0) is 0 Å². The lowest BCUT2D eigenvalue weighted by atomic mass is 10.0. The van der Waals surface area contributed by atoms with Crippen molar-refractivity contribution < 1.29 is 19.1 Å². The molecule has 0 bridgehead atoms. The van der Waals surface area contributed by atoms with Crippen LogP contribution in [0.25, 0.3) is 6.08 Å². The zero-order valence-electron chi connectivity index (χ0n) is 18.7. The number of benzene rings is 3. The van der Waals surface area contributed by atoms with Crippen molar-refractivity contribution in [1.29, 1.82) is 0 Å². The Morgan fingerprint density at radius 3 is 2.33 bits per heavy atom. The summed E-state index contributed by atoms with van der Waals surface area (Å²) in [4.78, 5) is 27.7. The Morgan fingerprint density at radius 2 is 1.70 bits per heavy atom. The first-order chi connectivity index (χ1) is 15.9. The molecule has 5 nitrogen and oxygen atoms in total. The smallest absolute Gasteiger partial charge is 0.343 e. The molecule has 3 aromatic rings. The second-order valence-electron chi connectivity index (χ2n) is 7.71. The third kappa shape index (κ3) is 4.86. The fourth-order valence-corrected chi connectivity index (χ4v) is 4.07. The fourth-order valence-electron chi connectivity index (χ4n) is 3.81. The maximum absolute atomic E-state index is 13.0. The molecule has 0 radical (unpaired) electrons. The van der Waals surface area contributed by atoms with Gasteiger partial charge in [-0.15, -0.1) is 0 Å². The molecule has 0 aliphatic carbocycles. The summed E-state index contributed by atoms with van der Waals surface area (Å²) in [5.74, 6) is 0.317. The van der Waals surface area contributed by atoms with Crippen LogP contribution in [0.1, 0.15) is 45.7 Å². The Kier molecular flexibility index (Phi) is 6.65. The Bertz CT molecular complexity index is 1230. The number of ether oxygens (including phenoxy) is 2. The van der Waals surface area contributed by atoms with Gasteiger partial charge in [0.05, 0.1) is 11.1 Å². The van der Waals surface area contributed by atoms with Crippen molar-refractivity contribution in [1.82, 2.24) is 0 Å². The molecule has 1 aliphatic heterocycles. The van der Waals surface area contributed by atoms with Gasteiger partial charge in [-0.25, -0.2) is 4.79 Å². The summed E-state index contributed by atoms with van der Waals surface area (Å²) >= 11 is 3.35. The van der Waals surface area contributed by atoms with Crippen molar-refractivity contribution in [2.75, 3.05) is 18.0 Å². The molecule has 0 aromatic heterocycles. The number of ketones is 1. The van der Waals surface area contributed by atoms with E-state index < -0.39 is 5.97 Å². The summed E-state index contributed by atoms with van der Waals surface area (Å²) in [7, 11) is 0. The van der Waals surface area contributed by atoms with Crippen LogP contribution < -0.4 is 14.4 Å². The number of hydrogen-bond donors (Lipinski definition) is 0. The van der Waals surface area contributed by atoms with Gasteiger partial charge in [-0.3, -0.25) is 4.79 Å². The van der Waals surface area contributed by atoms with Crippen molar-refractivity contribution in [2.24, 2.45) is 0 Å². The molecule has 0 fully saturated rings. The van der Waals surface area contributed by atoms with Gasteiger partial charge in [-0.2, -0.15) is 0 Å². The number of carbonyl (C=O) groups excluding carboxylic acids is 2. The first kappa shape index (κ1) is 22.8. The fraction of sp³-hybridized carbons (Fsp3) is 0.185. The van der Waals surface area contributed by atoms with Gasteiger partial charge >= 0.3 is 5.97 Å². The van der Waals surface area contributed by atoms with Gasteiger partial charge in [0, 0.05) is 29.3 Å². The molecule has 0 saturated heterocycles. The van der Waals surface area contributed by atoms with Crippen LogP contribution in [0.3, 0.4) is 0 Å². The molecule has 0 atom stereocenters. The number of esters is 1. The van der Waals surface area contributed by atoms with E-state index in [-0.39, 0.29) is 11.5 Å². The Labute approximate surface area is 201 Å². The van der Waals surface area contributed by atoms with E-state index in [9.17, 15) is 9.59 Å². The van der Waals surface area contributed by atoms with E-state index in [1.807, 2.05) is 24.3 Å². The Balaban J connectivity index is 1.54. The van der Waals surface area contributed by atoms with E-state index >= 15 is 0 Å². The van der Waals surface area contributed by atoms with Gasteiger partial charge in [-0.1, -0.05) is 28.1 Å². The summed E-state index contributed by atoms with van der Waals surface area (Å²) in [6.45, 7) is 7.91. The Morgan fingerprint density at radius 1 is 1.03 bits per heavy atom. The third-order valence-corrected chi connectivity index (χ3v) is 6.08. The number of carbonyl (C=O) groups is 2. The molecule has 0 spiro atoms. The second-order valence-corrected chi connectivity index (χ2v) is 8.63. The van der Waals surface area contributed by atoms with Crippen LogP contribution in [0.2, 0.25) is 0 Å². The lowest BCUT2D eigenvalue weighted by molar-refractivity contribution is 0.0734. The first-order valence-corrected chi connectivity index (χ1v) is 11.6. The minimum atomic E-state index is -0.477. The summed E-state index contributed by atoms with van der Waals surface area (Å²) < 4.78 is 12.3. The maximum atomic E-state index is 13.0. The van der Waals surface area contributed by atoms with Crippen LogP contribution in [0.4, 0.5) is 5.69 Å². The molecule has 0 amide bonds. The third-order valence-electron chi connectivity index (χ3n) is 5.55. The average molecular weight is 506 g/mol. The molecule has 1 heterocycles. The minimum absolute atomic E-state index is 0.180. The minimum Gasteiger partial charge on any atom is -0.452 e. The van der Waals surface area contributed by atoms with Gasteiger partial charge in [-0.05, 0) is 80.4 Å². The number of anilines is 1. The lowest BCUT2D eigenvalue weighted by Crippen LogP contribution is -2.21. The summed E-state index contributed by atoms with van der Waals surface area (Å²) in [5.41, 5.74) is 3.63. The van der Waals surface area contributed by atoms with E-state index in [4.69, 9.17) is 9.47 Å². The summed E-state index contributed by atoms with van der Waals surface area (Å²) in [6, 6.07) is 18.2. The van der Waals surface area contributed by atoms with Gasteiger partial charge in [0.25, 0.3) is 0 Å². The summed E-state index contributed by atoms with van der Waals surface area (Å²) in [5, 5.41) is 0. The molecule has 4 rings (SSSR count). The van der Waals surface area contributed by atoms with Gasteiger partial charge in [0.15, 0.2) is 5.76 Å². The van der Waals surface area contributed by atoms with E-state index in [0.29, 0.717) is 28.2 Å². The normalized spacial score (nSPS) is 13.6. The summed E-state index contributed by atoms with van der Waals surface area (Å²) in [6.07, 6.45) is 1.74. The molecule has 0 unspecified atom stereocenters. The van der Waals surface area contributed by atoms with Crippen LogP contribution in [0.5, 0.6) is 11.5 Å². The average Bonchev–Trinajstić information content (AvgIpc) is 3.11. The molecule has 0 N–H and O–H groups in total. The number of nitrogens with zero attached hydrogens (tertiary/aromatic N) is 1. The van der Waals surface area contributed by atoms with Crippen molar-refractivity contribution in [3.8, 4) is 11.5 Å². The topological polar surface area (TPSA) is 55.8 Å². The number of hydrogen-bond acceptors (Lipinski definition) is 5. The standard InChI is InChI=1S/C27H24BrNO4/c1-4-29(5-2)21-12-6-18(7-13-21)15-24-26(30)25-17(3)14-22(16-23(25)33-24)32-27(31)19-8-10-20(28)11-9-19/h6-16H,4-5H2,1-3H3/b24-15-. The molecule has 33 heavy (non-hydrogen) atoms. The van der Waals surface area contributed by atoms with Crippen LogP contribution in [0, 0.1) is 6.92 Å².